The predicted molar refractivity (Wildman–Crippen MR) is 183 cm³/mol. The Balaban J connectivity index is 1.45. The van der Waals surface area contributed by atoms with E-state index in [1.165, 1.54) is 5.56 Å². The Bertz CT molecular complexity index is 1740. The van der Waals surface area contributed by atoms with Gasteiger partial charge in [0.2, 0.25) is 10.0 Å². The van der Waals surface area contributed by atoms with E-state index in [0.29, 0.717) is 36.2 Å². The van der Waals surface area contributed by atoms with Gasteiger partial charge in [-0.15, -0.1) is 0 Å². The number of amides is 1. The molecule has 2 aromatic carbocycles. The van der Waals surface area contributed by atoms with Crippen LogP contribution >= 0.6 is 11.6 Å². The molecule has 3 aromatic rings. The fourth-order valence-electron chi connectivity index (χ4n) is 7.13. The van der Waals surface area contributed by atoms with Gasteiger partial charge in [-0.3, -0.25) is 4.79 Å². The number of sulfonamides is 1. The molecule has 1 amide bonds. The van der Waals surface area contributed by atoms with Crippen LogP contribution in [-0.2, 0) is 33.4 Å². The molecule has 0 saturated heterocycles. The molecule has 250 valence electrons. The molecule has 11 heteroatoms. The van der Waals surface area contributed by atoms with Gasteiger partial charge in [0.25, 0.3) is 5.91 Å². The molecule has 1 fully saturated rings. The topological polar surface area (TPSA) is 111 Å². The number of benzene rings is 2. The zero-order valence-corrected chi connectivity index (χ0v) is 28.8. The van der Waals surface area contributed by atoms with E-state index in [2.05, 4.69) is 19.6 Å². The Labute approximate surface area is 282 Å². The molecule has 6 rings (SSSR count). The number of aromatic nitrogens is 2. The summed E-state index contributed by atoms with van der Waals surface area (Å²) in [6.45, 7) is 5.28. The number of fused-ring (bicyclic) bond motifs is 3. The number of methoxy groups -OCH3 is 1. The third-order valence-electron chi connectivity index (χ3n) is 10.3. The first-order valence-corrected chi connectivity index (χ1v) is 18.4. The van der Waals surface area contributed by atoms with Gasteiger partial charge in [0.1, 0.15) is 18.0 Å². The fraction of sp³-hybridized carbons (Fsp3) is 0.472. The second kappa shape index (κ2) is 13.9. The Morgan fingerprint density at radius 1 is 1.06 bits per heavy atom. The lowest BCUT2D eigenvalue weighted by molar-refractivity contribution is -0.0859. The second-order valence-corrected chi connectivity index (χ2v) is 15.6. The van der Waals surface area contributed by atoms with Crippen LogP contribution in [0.4, 0.5) is 5.69 Å². The molecule has 0 radical (unpaired) electrons. The first kappa shape index (κ1) is 33.4. The van der Waals surface area contributed by atoms with Gasteiger partial charge in [-0.25, -0.2) is 23.1 Å². The molecular formula is C36H43ClN4O5S. The van der Waals surface area contributed by atoms with Crippen molar-refractivity contribution >= 4 is 33.2 Å². The average Bonchev–Trinajstić information content (AvgIpc) is 3.08. The Kier molecular flexibility index (Phi) is 9.92. The number of hydrogen-bond donors (Lipinski definition) is 1. The molecule has 2 aliphatic heterocycles. The number of hydrogen-bond acceptors (Lipinski definition) is 8. The molecule has 2 bridgehead atoms. The summed E-state index contributed by atoms with van der Waals surface area (Å²) in [5, 5.41) is -0.118. The summed E-state index contributed by atoms with van der Waals surface area (Å²) < 4.78 is 42.1. The van der Waals surface area contributed by atoms with E-state index in [0.717, 1.165) is 49.9 Å². The minimum Gasteiger partial charge on any atom is -0.487 e. The Morgan fingerprint density at radius 3 is 2.62 bits per heavy atom. The lowest BCUT2D eigenvalue weighted by Crippen LogP contribution is -2.50. The third kappa shape index (κ3) is 6.91. The van der Waals surface area contributed by atoms with Crippen molar-refractivity contribution in [3.63, 3.8) is 0 Å². The summed E-state index contributed by atoms with van der Waals surface area (Å²) in [6.07, 6.45) is 12.6. The highest BCUT2D eigenvalue weighted by Gasteiger charge is 2.50. The van der Waals surface area contributed by atoms with E-state index in [1.807, 2.05) is 37.3 Å². The van der Waals surface area contributed by atoms with E-state index in [-0.39, 0.29) is 23.3 Å². The van der Waals surface area contributed by atoms with Crippen LogP contribution < -0.4 is 14.4 Å². The van der Waals surface area contributed by atoms with Crippen molar-refractivity contribution in [3.8, 4) is 5.75 Å². The van der Waals surface area contributed by atoms with Crippen molar-refractivity contribution in [1.82, 2.24) is 14.7 Å². The molecule has 9 nitrogen and oxygen atoms in total. The van der Waals surface area contributed by atoms with Crippen LogP contribution in [0, 0.1) is 17.8 Å². The molecule has 47 heavy (non-hydrogen) atoms. The summed E-state index contributed by atoms with van der Waals surface area (Å²) in [5.74, 6) is 0.618. The number of ether oxygens (including phenoxy) is 2. The summed E-state index contributed by atoms with van der Waals surface area (Å²) in [6, 6.07) is 12.9. The highest BCUT2D eigenvalue weighted by atomic mass is 35.5. The van der Waals surface area contributed by atoms with E-state index >= 15 is 0 Å². The molecule has 1 aromatic heterocycles. The van der Waals surface area contributed by atoms with Crippen LogP contribution in [-0.4, -0.2) is 49.7 Å². The van der Waals surface area contributed by atoms with Gasteiger partial charge in [-0.2, -0.15) is 0 Å². The summed E-state index contributed by atoms with van der Waals surface area (Å²) in [5.41, 5.74) is 2.39. The number of anilines is 1. The van der Waals surface area contributed by atoms with Crippen molar-refractivity contribution in [2.75, 3.05) is 25.1 Å². The number of allylic oxidation sites excluding steroid dienone is 1. The SMILES string of the molecule is CO[C@@]1(c2ncccn2)/C=C/C[C@H](C)[C@@H](C)S(=O)(=O)NC(=O)c2ccc3c(c2)N(CCCCc2cc(Cl)ccc2CO3)C[C@@H]2CC[C@H]21. The molecule has 0 spiro atoms. The largest absolute Gasteiger partial charge is 0.487 e. The van der Waals surface area contributed by atoms with E-state index in [4.69, 9.17) is 21.1 Å². The van der Waals surface area contributed by atoms with Gasteiger partial charge in [0.05, 0.1) is 10.9 Å². The van der Waals surface area contributed by atoms with E-state index in [9.17, 15) is 13.2 Å². The molecule has 1 N–H and O–H groups in total. The number of nitrogens with zero attached hydrogens (tertiary/aromatic N) is 3. The van der Waals surface area contributed by atoms with Crippen LogP contribution in [0.25, 0.3) is 0 Å². The van der Waals surface area contributed by atoms with Crippen molar-refractivity contribution in [1.29, 1.82) is 0 Å². The van der Waals surface area contributed by atoms with E-state index < -0.39 is 26.8 Å². The Hall–Kier alpha value is -3.47. The maximum Gasteiger partial charge on any atom is 0.264 e. The second-order valence-electron chi connectivity index (χ2n) is 13.1. The molecule has 5 atom stereocenters. The fourth-order valence-corrected chi connectivity index (χ4v) is 8.61. The van der Waals surface area contributed by atoms with E-state index in [1.54, 1.807) is 50.7 Å². The number of nitrogens with one attached hydrogen (secondary N) is 1. The minimum absolute atomic E-state index is 0.0796. The van der Waals surface area contributed by atoms with Gasteiger partial charge < -0.3 is 14.4 Å². The standard InChI is InChI=1S/C36H43ClN4O5S/c1-24-8-6-16-36(45-3,35-38-17-7-18-39-35)31-14-11-28(31)22-41-19-5-4-9-26-20-30(37)13-10-29(26)23-46-33-15-12-27(21-32(33)41)34(42)40-47(43,44)25(24)2/h6-7,10,12-13,15-18,20-21,24-25,28,31H,4-5,8-9,11,14,19,22-23H2,1-3H3,(H,40,42)/b16-6+/t24-,25+,28-,31+,36-/m0/s1. The predicted octanol–water partition coefficient (Wildman–Crippen LogP) is 6.46. The summed E-state index contributed by atoms with van der Waals surface area (Å²) in [7, 11) is -2.27. The molecule has 0 unspecified atom stereocenters. The van der Waals surface area contributed by atoms with Crippen molar-refractivity contribution in [3.05, 3.63) is 94.5 Å². The quantitative estimate of drug-likeness (QED) is 0.308. The highest BCUT2D eigenvalue weighted by molar-refractivity contribution is 7.90. The van der Waals surface area contributed by atoms with Gasteiger partial charge in [0, 0.05) is 49.1 Å². The molecule has 3 aliphatic rings. The molecule has 1 saturated carbocycles. The Morgan fingerprint density at radius 2 is 1.87 bits per heavy atom. The monoisotopic (exact) mass is 678 g/mol. The lowest BCUT2D eigenvalue weighted by atomic mass is 9.63. The minimum atomic E-state index is -3.98. The van der Waals surface area contributed by atoms with Gasteiger partial charge in [-0.05, 0) is 111 Å². The molecule has 1 aliphatic carbocycles. The van der Waals surface area contributed by atoms with Crippen molar-refractivity contribution in [2.45, 2.75) is 69.8 Å². The third-order valence-corrected chi connectivity index (χ3v) is 12.5. The van der Waals surface area contributed by atoms with Crippen LogP contribution in [0.1, 0.15) is 73.3 Å². The first-order valence-electron chi connectivity index (χ1n) is 16.5. The van der Waals surface area contributed by atoms with Crippen molar-refractivity contribution < 1.29 is 22.7 Å². The number of aryl methyl sites for hydroxylation is 1. The van der Waals surface area contributed by atoms with Crippen LogP contribution in [0.15, 0.2) is 67.0 Å². The van der Waals surface area contributed by atoms with Gasteiger partial charge >= 0.3 is 0 Å². The number of carbonyl (C=O) groups is 1. The average molecular weight is 679 g/mol. The zero-order chi connectivity index (χ0) is 33.2. The lowest BCUT2D eigenvalue weighted by Gasteiger charge is -2.49. The number of carbonyl (C=O) groups excluding carboxylic acids is 1. The summed E-state index contributed by atoms with van der Waals surface area (Å²) in [4.78, 5) is 25.1. The first-order chi connectivity index (χ1) is 22.6. The molecular weight excluding hydrogens is 636 g/mol. The molecule has 3 heterocycles. The smallest absolute Gasteiger partial charge is 0.264 e. The van der Waals surface area contributed by atoms with Crippen LogP contribution in [0.3, 0.4) is 0 Å². The van der Waals surface area contributed by atoms with Gasteiger partial charge in [-0.1, -0.05) is 30.7 Å². The van der Waals surface area contributed by atoms with Crippen LogP contribution in [0.5, 0.6) is 5.75 Å². The van der Waals surface area contributed by atoms with Gasteiger partial charge in [0.15, 0.2) is 5.82 Å². The number of halogens is 1. The maximum atomic E-state index is 13.5. The van der Waals surface area contributed by atoms with Crippen molar-refractivity contribution in [2.24, 2.45) is 17.8 Å². The maximum absolute atomic E-state index is 13.5. The highest BCUT2D eigenvalue weighted by Crippen LogP contribution is 2.50. The zero-order valence-electron chi connectivity index (χ0n) is 27.2. The normalized spacial score (nSPS) is 28.7. The van der Waals surface area contributed by atoms with Crippen LogP contribution in [0.2, 0.25) is 5.02 Å². The summed E-state index contributed by atoms with van der Waals surface area (Å²) >= 11 is 6.36. The number of rotatable bonds is 2.